The number of aryl methyl sites for hydroxylation is 1. The van der Waals surface area contributed by atoms with E-state index in [0.29, 0.717) is 33.1 Å². The highest BCUT2D eigenvalue weighted by Crippen LogP contribution is 2.51. The Morgan fingerprint density at radius 2 is 0.762 bits per heavy atom. The van der Waals surface area contributed by atoms with Gasteiger partial charge in [-0.3, -0.25) is 24.0 Å². The Kier molecular flexibility index (Phi) is 19.1. The van der Waals surface area contributed by atoms with Gasteiger partial charge in [-0.15, -0.1) is 0 Å². The van der Waals surface area contributed by atoms with Gasteiger partial charge in [0.25, 0.3) is 0 Å². The van der Waals surface area contributed by atoms with E-state index in [1.807, 2.05) is 55.5 Å². The molecule has 326 valence electrons. The van der Waals surface area contributed by atoms with Crippen LogP contribution in [-0.4, -0.2) is 29.8 Å². The second-order valence-electron chi connectivity index (χ2n) is 13.6. The number of esters is 5. The van der Waals surface area contributed by atoms with Gasteiger partial charge in [0.15, 0.2) is 17.2 Å². The second kappa shape index (κ2) is 24.4. The van der Waals surface area contributed by atoms with E-state index in [9.17, 15) is 24.0 Å². The van der Waals surface area contributed by atoms with Crippen molar-refractivity contribution < 1.29 is 47.7 Å². The van der Waals surface area contributed by atoms with E-state index in [2.05, 4.69) is 60.7 Å². The van der Waals surface area contributed by atoms with Crippen LogP contribution in [0.4, 0.5) is 0 Å². The van der Waals surface area contributed by atoms with E-state index in [4.69, 9.17) is 23.7 Å². The monoisotopic (exact) mass is 904 g/mol. The van der Waals surface area contributed by atoms with Crippen LogP contribution in [0.25, 0.3) is 0 Å². The second-order valence-corrected chi connectivity index (χ2v) is 17.0. The fraction of sp³-hybridized carbons (Fsp3) is 0.180. The van der Waals surface area contributed by atoms with Gasteiger partial charge in [-0.05, 0) is 106 Å². The summed E-state index contributed by atoms with van der Waals surface area (Å²) in [5, 5.41) is 0. The number of carbonyl (C=O) groups is 5. The molecule has 0 radical (unpaired) electrons. The summed E-state index contributed by atoms with van der Waals surface area (Å²) < 4.78 is 26.5. The summed E-state index contributed by atoms with van der Waals surface area (Å²) in [7, 11) is 0. The number of ether oxygens (including phenoxy) is 5. The van der Waals surface area contributed by atoms with Crippen molar-refractivity contribution in [2.45, 2.75) is 91.7 Å². The third-order valence-electron chi connectivity index (χ3n) is 8.22. The Morgan fingerprint density at radius 3 is 1.17 bits per heavy atom. The number of carbonyl (C=O) groups excluding carboxylic acids is 5. The molecule has 0 atom stereocenters. The highest BCUT2D eigenvalue weighted by atomic mass is 32.2. The SMILES string of the molecule is CC(=O)Oc1cc(C)cc(Sc2c(C)c(OC(C)=O)c(OC(C)=O)c(C)c2OC(C)=O)c1C.CC(=O)Oc1ccc(Sc2ccccc2)cc1.c1ccc(Sc2ccccc2)cc1. The van der Waals surface area contributed by atoms with Gasteiger partial charge in [0.05, 0.1) is 4.90 Å². The zero-order chi connectivity index (χ0) is 46.1. The Labute approximate surface area is 381 Å². The van der Waals surface area contributed by atoms with Crippen molar-refractivity contribution in [3.63, 3.8) is 0 Å². The maximum Gasteiger partial charge on any atom is 0.308 e. The molecule has 0 aromatic heterocycles. The maximum atomic E-state index is 11.9. The van der Waals surface area contributed by atoms with Gasteiger partial charge in [-0.2, -0.15) is 0 Å². The zero-order valence-corrected chi connectivity index (χ0v) is 38.9. The smallest absolute Gasteiger partial charge is 0.308 e. The number of hydrogen-bond donors (Lipinski definition) is 0. The molecule has 0 unspecified atom stereocenters. The largest absolute Gasteiger partial charge is 0.427 e. The Bertz CT molecular complexity index is 2490. The van der Waals surface area contributed by atoms with Crippen LogP contribution in [0.3, 0.4) is 0 Å². The van der Waals surface area contributed by atoms with Crippen molar-refractivity contribution in [3.05, 3.63) is 150 Å². The molecule has 6 aromatic rings. The number of rotatable bonds is 11. The lowest BCUT2D eigenvalue weighted by molar-refractivity contribution is -0.134. The van der Waals surface area contributed by atoms with Gasteiger partial charge in [-0.25, -0.2) is 0 Å². The Hall–Kier alpha value is -6.28. The molecule has 0 N–H and O–H groups in total. The first-order valence-corrected chi connectivity index (χ1v) is 21.9. The van der Waals surface area contributed by atoms with Gasteiger partial charge in [-0.1, -0.05) is 89.9 Å². The minimum absolute atomic E-state index is 0.00244. The fourth-order valence-electron chi connectivity index (χ4n) is 5.56. The molecule has 0 fully saturated rings. The average Bonchev–Trinajstić information content (AvgIpc) is 3.23. The van der Waals surface area contributed by atoms with E-state index in [-0.39, 0.29) is 23.2 Å². The van der Waals surface area contributed by atoms with E-state index in [1.165, 1.54) is 61.1 Å². The van der Waals surface area contributed by atoms with Crippen LogP contribution in [0, 0.1) is 27.7 Å². The van der Waals surface area contributed by atoms with Crippen LogP contribution in [0.15, 0.2) is 157 Å². The maximum absolute atomic E-state index is 11.9. The zero-order valence-electron chi connectivity index (χ0n) is 36.4. The minimum Gasteiger partial charge on any atom is -0.427 e. The van der Waals surface area contributed by atoms with Crippen LogP contribution >= 0.6 is 35.3 Å². The van der Waals surface area contributed by atoms with Crippen LogP contribution in [0.2, 0.25) is 0 Å². The fourth-order valence-corrected chi connectivity index (χ4v) is 8.51. The normalized spacial score (nSPS) is 10.2. The predicted molar refractivity (Wildman–Crippen MR) is 247 cm³/mol. The molecule has 0 bridgehead atoms. The molecule has 0 aliphatic rings. The summed E-state index contributed by atoms with van der Waals surface area (Å²) in [6.07, 6.45) is 0. The minimum atomic E-state index is -0.624. The first-order chi connectivity index (χ1) is 30.0. The van der Waals surface area contributed by atoms with Crippen molar-refractivity contribution in [1.82, 2.24) is 0 Å². The summed E-state index contributed by atoms with van der Waals surface area (Å²) in [6, 6.07) is 42.1. The molecule has 0 saturated carbocycles. The standard InChI is InChI=1S/C24H26O8S.C14H12O2S.C12H10S/c1-11-9-19(29-15(5)25)12(2)20(10-11)33-24-14(4)22(31-17(7)27)21(30-16(6)26)13(3)23(24)32-18(8)28;1-11(15)16-12-7-9-14(10-8-12)17-13-5-3-2-4-6-13;1-3-7-11(8-4-1)13-12-9-5-2-6-10-12/h9-10H,1-8H3;2-10H,1H3;1-10H. The van der Waals surface area contributed by atoms with Gasteiger partial charge >= 0.3 is 29.8 Å². The summed E-state index contributed by atoms with van der Waals surface area (Å²) in [5.74, 6) is -1.34. The lowest BCUT2D eigenvalue weighted by Gasteiger charge is -2.22. The first kappa shape index (κ1) is 49.4. The molecule has 0 heterocycles. The molecule has 6 rings (SSSR count). The third kappa shape index (κ3) is 16.2. The molecule has 13 heteroatoms. The van der Waals surface area contributed by atoms with E-state index < -0.39 is 23.9 Å². The molecule has 0 aliphatic heterocycles. The van der Waals surface area contributed by atoms with Crippen molar-refractivity contribution in [3.8, 4) is 28.7 Å². The lowest BCUT2D eigenvalue weighted by atomic mass is 10.1. The van der Waals surface area contributed by atoms with Crippen molar-refractivity contribution in [1.29, 1.82) is 0 Å². The number of hydrogen-bond acceptors (Lipinski definition) is 13. The quantitative estimate of drug-likeness (QED) is 0.0903. The summed E-state index contributed by atoms with van der Waals surface area (Å²) in [4.78, 5) is 63.8. The first-order valence-electron chi connectivity index (χ1n) is 19.5. The summed E-state index contributed by atoms with van der Waals surface area (Å²) in [5.41, 5.74) is 2.29. The van der Waals surface area contributed by atoms with Gasteiger partial charge in [0.1, 0.15) is 11.5 Å². The van der Waals surface area contributed by atoms with Crippen molar-refractivity contribution in [2.75, 3.05) is 0 Å². The Balaban J connectivity index is 0.000000238. The molecular formula is C50H48O10S3. The average molecular weight is 905 g/mol. The number of benzene rings is 6. The van der Waals surface area contributed by atoms with Crippen LogP contribution in [0.5, 0.6) is 28.7 Å². The summed E-state index contributed by atoms with van der Waals surface area (Å²) >= 11 is 4.71. The van der Waals surface area contributed by atoms with Crippen LogP contribution in [-0.2, 0) is 24.0 Å². The summed E-state index contributed by atoms with van der Waals surface area (Å²) in [6.45, 7) is 13.3. The molecule has 6 aromatic carbocycles. The Morgan fingerprint density at radius 1 is 0.381 bits per heavy atom. The van der Waals surface area contributed by atoms with Crippen molar-refractivity contribution >= 4 is 65.1 Å². The molecule has 0 saturated heterocycles. The van der Waals surface area contributed by atoms with Crippen molar-refractivity contribution in [2.24, 2.45) is 0 Å². The predicted octanol–water partition coefficient (Wildman–Crippen LogP) is 12.4. The molecule has 0 amide bonds. The molecule has 63 heavy (non-hydrogen) atoms. The van der Waals surface area contributed by atoms with E-state index in [1.54, 1.807) is 62.5 Å². The van der Waals surface area contributed by atoms with Crippen LogP contribution in [0.1, 0.15) is 56.9 Å². The highest BCUT2D eigenvalue weighted by molar-refractivity contribution is 8.00. The molecular weight excluding hydrogens is 857 g/mol. The lowest BCUT2D eigenvalue weighted by Crippen LogP contribution is -2.13. The van der Waals surface area contributed by atoms with E-state index in [0.717, 1.165) is 15.4 Å². The van der Waals surface area contributed by atoms with Crippen LogP contribution < -0.4 is 23.7 Å². The highest BCUT2D eigenvalue weighted by Gasteiger charge is 2.27. The van der Waals surface area contributed by atoms with Gasteiger partial charge in [0, 0.05) is 75.8 Å². The molecule has 10 nitrogen and oxygen atoms in total. The topological polar surface area (TPSA) is 132 Å². The third-order valence-corrected chi connectivity index (χ3v) is 11.6. The van der Waals surface area contributed by atoms with Gasteiger partial charge in [0.2, 0.25) is 0 Å². The molecule has 0 spiro atoms. The van der Waals surface area contributed by atoms with Gasteiger partial charge < -0.3 is 23.7 Å². The molecule has 0 aliphatic carbocycles. The van der Waals surface area contributed by atoms with E-state index >= 15 is 0 Å².